The molecule has 1 atom stereocenters. The van der Waals surface area contributed by atoms with E-state index in [0.717, 1.165) is 5.56 Å². The number of rotatable bonds is 5. The van der Waals surface area contributed by atoms with Crippen molar-refractivity contribution in [3.05, 3.63) is 42.5 Å². The minimum atomic E-state index is -3.54. The molecule has 0 saturated carbocycles. The van der Waals surface area contributed by atoms with E-state index in [0.29, 0.717) is 6.54 Å². The van der Waals surface area contributed by atoms with E-state index >= 15 is 0 Å². The molecule has 120 valence electrons. The molecular weight excluding hydrogens is 300 g/mol. The SMILES string of the molecule is CC(Cn1cncn1)NS(=O)(=O)c1ccc(C(C)(C)C)cc1. The lowest BCUT2D eigenvalue weighted by Gasteiger charge is -2.19. The first kappa shape index (κ1) is 16.6. The number of benzene rings is 1. The third-order valence-electron chi connectivity index (χ3n) is 3.31. The molecule has 0 fully saturated rings. The fraction of sp³-hybridized carbons (Fsp3) is 0.467. The Morgan fingerprint density at radius 3 is 2.36 bits per heavy atom. The van der Waals surface area contributed by atoms with Crippen molar-refractivity contribution in [1.29, 1.82) is 0 Å². The summed E-state index contributed by atoms with van der Waals surface area (Å²) in [6.07, 6.45) is 2.98. The highest BCUT2D eigenvalue weighted by atomic mass is 32.2. The van der Waals surface area contributed by atoms with Crippen molar-refractivity contribution >= 4 is 10.0 Å². The molecule has 22 heavy (non-hydrogen) atoms. The van der Waals surface area contributed by atoms with Gasteiger partial charge in [0.05, 0.1) is 11.4 Å². The van der Waals surface area contributed by atoms with Gasteiger partial charge in [-0.2, -0.15) is 5.10 Å². The summed E-state index contributed by atoms with van der Waals surface area (Å²) in [5, 5.41) is 3.97. The Labute approximate surface area is 131 Å². The second-order valence-corrected chi connectivity index (χ2v) is 8.13. The van der Waals surface area contributed by atoms with Crippen LogP contribution in [-0.2, 0) is 22.0 Å². The van der Waals surface area contributed by atoms with Crippen LogP contribution in [0.15, 0.2) is 41.8 Å². The molecule has 1 aromatic heterocycles. The van der Waals surface area contributed by atoms with Crippen LogP contribution in [0.5, 0.6) is 0 Å². The van der Waals surface area contributed by atoms with Crippen molar-refractivity contribution in [2.45, 2.75) is 50.6 Å². The van der Waals surface area contributed by atoms with Crippen LogP contribution >= 0.6 is 0 Å². The molecule has 2 aromatic rings. The van der Waals surface area contributed by atoms with Gasteiger partial charge >= 0.3 is 0 Å². The third-order valence-corrected chi connectivity index (χ3v) is 4.92. The molecule has 0 saturated heterocycles. The number of nitrogens with zero attached hydrogens (tertiary/aromatic N) is 3. The quantitative estimate of drug-likeness (QED) is 0.912. The van der Waals surface area contributed by atoms with Gasteiger partial charge in [-0.25, -0.2) is 18.1 Å². The summed E-state index contributed by atoms with van der Waals surface area (Å²) in [4.78, 5) is 4.11. The van der Waals surface area contributed by atoms with E-state index in [1.165, 1.54) is 6.33 Å². The van der Waals surface area contributed by atoms with Crippen LogP contribution in [0.2, 0.25) is 0 Å². The Hall–Kier alpha value is -1.73. The van der Waals surface area contributed by atoms with Crippen molar-refractivity contribution in [3.8, 4) is 0 Å². The van der Waals surface area contributed by atoms with Crippen LogP contribution in [0.4, 0.5) is 0 Å². The van der Waals surface area contributed by atoms with E-state index in [9.17, 15) is 8.42 Å². The first-order chi connectivity index (χ1) is 10.2. The number of hydrogen-bond acceptors (Lipinski definition) is 4. The minimum Gasteiger partial charge on any atom is -0.251 e. The van der Waals surface area contributed by atoms with E-state index in [4.69, 9.17) is 0 Å². The van der Waals surface area contributed by atoms with Gasteiger partial charge in [-0.15, -0.1) is 0 Å². The van der Waals surface area contributed by atoms with Gasteiger partial charge in [-0.05, 0) is 30.0 Å². The van der Waals surface area contributed by atoms with Gasteiger partial charge in [0.1, 0.15) is 12.7 Å². The van der Waals surface area contributed by atoms with Gasteiger partial charge in [-0.1, -0.05) is 32.9 Å². The first-order valence-electron chi connectivity index (χ1n) is 7.14. The van der Waals surface area contributed by atoms with Crippen LogP contribution in [0, 0.1) is 0 Å². The van der Waals surface area contributed by atoms with Gasteiger partial charge in [0.2, 0.25) is 10.0 Å². The summed E-state index contributed by atoms with van der Waals surface area (Å²) >= 11 is 0. The molecule has 7 heteroatoms. The Morgan fingerprint density at radius 2 is 1.86 bits per heavy atom. The molecule has 0 aliphatic heterocycles. The normalized spacial score (nSPS) is 14.0. The second kappa shape index (κ2) is 6.18. The predicted molar refractivity (Wildman–Crippen MR) is 84.9 cm³/mol. The Morgan fingerprint density at radius 1 is 1.23 bits per heavy atom. The van der Waals surface area contributed by atoms with E-state index < -0.39 is 10.0 Å². The summed E-state index contributed by atoms with van der Waals surface area (Å²) < 4.78 is 29.0. The van der Waals surface area contributed by atoms with Crippen LogP contribution in [0.1, 0.15) is 33.3 Å². The summed E-state index contributed by atoms with van der Waals surface area (Å²) in [5.41, 5.74) is 1.10. The van der Waals surface area contributed by atoms with Crippen molar-refractivity contribution in [1.82, 2.24) is 19.5 Å². The summed E-state index contributed by atoms with van der Waals surface area (Å²) in [6, 6.07) is 6.72. The molecule has 1 N–H and O–H groups in total. The van der Waals surface area contributed by atoms with E-state index in [-0.39, 0.29) is 16.4 Å². The van der Waals surface area contributed by atoms with Gasteiger partial charge in [-0.3, -0.25) is 4.68 Å². The topological polar surface area (TPSA) is 76.9 Å². The van der Waals surface area contributed by atoms with E-state index in [1.54, 1.807) is 30.1 Å². The average molecular weight is 322 g/mol. The molecule has 0 radical (unpaired) electrons. The summed E-state index contributed by atoms with van der Waals surface area (Å²) in [5.74, 6) is 0. The lowest BCUT2D eigenvalue weighted by atomic mass is 9.87. The highest BCUT2D eigenvalue weighted by Gasteiger charge is 2.19. The van der Waals surface area contributed by atoms with Gasteiger partial charge in [0.15, 0.2) is 0 Å². The van der Waals surface area contributed by atoms with Gasteiger partial charge < -0.3 is 0 Å². The lowest BCUT2D eigenvalue weighted by molar-refractivity contribution is 0.493. The third kappa shape index (κ3) is 4.14. The Bertz CT molecular complexity index is 701. The molecule has 6 nitrogen and oxygen atoms in total. The largest absolute Gasteiger partial charge is 0.251 e. The standard InChI is InChI=1S/C15H22N4O2S/c1-12(9-19-11-16-10-17-19)18-22(20,21)14-7-5-13(6-8-14)15(2,3)4/h5-8,10-12,18H,9H2,1-4H3. The summed E-state index contributed by atoms with van der Waals surface area (Å²) in [7, 11) is -3.54. The number of sulfonamides is 1. The van der Waals surface area contributed by atoms with Crippen LogP contribution in [0.25, 0.3) is 0 Å². The molecule has 0 amide bonds. The molecule has 0 bridgehead atoms. The Balaban J connectivity index is 2.09. The maximum absolute atomic E-state index is 12.4. The molecule has 1 aromatic carbocycles. The van der Waals surface area contributed by atoms with Gasteiger partial charge in [0, 0.05) is 6.04 Å². The highest BCUT2D eigenvalue weighted by molar-refractivity contribution is 7.89. The van der Waals surface area contributed by atoms with Crippen LogP contribution < -0.4 is 4.72 Å². The number of nitrogens with one attached hydrogen (secondary N) is 1. The van der Waals surface area contributed by atoms with Crippen LogP contribution in [0.3, 0.4) is 0 Å². The van der Waals surface area contributed by atoms with E-state index in [1.807, 2.05) is 12.1 Å². The number of aromatic nitrogens is 3. The fourth-order valence-electron chi connectivity index (χ4n) is 2.11. The maximum atomic E-state index is 12.4. The summed E-state index contributed by atoms with van der Waals surface area (Å²) in [6.45, 7) is 8.50. The predicted octanol–water partition coefficient (Wildman–Crippen LogP) is 1.94. The van der Waals surface area contributed by atoms with Crippen molar-refractivity contribution in [2.24, 2.45) is 0 Å². The molecule has 0 aliphatic rings. The smallest absolute Gasteiger partial charge is 0.240 e. The lowest BCUT2D eigenvalue weighted by Crippen LogP contribution is -2.35. The zero-order chi connectivity index (χ0) is 16.4. The zero-order valence-electron chi connectivity index (χ0n) is 13.3. The zero-order valence-corrected chi connectivity index (χ0v) is 14.1. The van der Waals surface area contributed by atoms with Crippen molar-refractivity contribution in [3.63, 3.8) is 0 Å². The number of hydrogen-bond donors (Lipinski definition) is 1. The molecular formula is C15H22N4O2S. The monoisotopic (exact) mass is 322 g/mol. The first-order valence-corrected chi connectivity index (χ1v) is 8.62. The maximum Gasteiger partial charge on any atom is 0.240 e. The fourth-order valence-corrected chi connectivity index (χ4v) is 3.35. The van der Waals surface area contributed by atoms with Crippen molar-refractivity contribution < 1.29 is 8.42 Å². The Kier molecular flexibility index (Phi) is 4.67. The minimum absolute atomic E-state index is 0.00386. The second-order valence-electron chi connectivity index (χ2n) is 6.41. The molecule has 2 rings (SSSR count). The molecule has 0 aliphatic carbocycles. The van der Waals surface area contributed by atoms with Crippen molar-refractivity contribution in [2.75, 3.05) is 0 Å². The van der Waals surface area contributed by atoms with Crippen LogP contribution in [-0.4, -0.2) is 29.2 Å². The highest BCUT2D eigenvalue weighted by Crippen LogP contribution is 2.23. The molecule has 1 unspecified atom stereocenters. The van der Waals surface area contributed by atoms with E-state index in [2.05, 4.69) is 35.6 Å². The van der Waals surface area contributed by atoms with Gasteiger partial charge in [0.25, 0.3) is 0 Å². The molecule has 1 heterocycles. The average Bonchev–Trinajstić information content (AvgIpc) is 2.90. The molecule has 0 spiro atoms.